The van der Waals surface area contributed by atoms with Gasteiger partial charge in [0.25, 0.3) is 0 Å². The summed E-state index contributed by atoms with van der Waals surface area (Å²) in [7, 11) is 1.98. The number of imidazole rings is 1. The number of aromatic nitrogens is 4. The van der Waals surface area contributed by atoms with Crippen LogP contribution in [0.4, 0.5) is 0 Å². The van der Waals surface area contributed by atoms with E-state index in [0.717, 1.165) is 32.5 Å². The minimum atomic E-state index is 0.888. The maximum atomic E-state index is 4.22. The first kappa shape index (κ1) is 12.8. The molecule has 0 spiro atoms. The lowest BCUT2D eigenvalue weighted by Gasteiger charge is -2.09. The van der Waals surface area contributed by atoms with Crippen LogP contribution in [0.3, 0.4) is 0 Å². The highest BCUT2D eigenvalue weighted by Crippen LogP contribution is 2.04. The molecule has 0 aromatic carbocycles. The van der Waals surface area contributed by atoms with Crippen molar-refractivity contribution in [1.82, 2.24) is 24.6 Å². The second kappa shape index (κ2) is 6.35. The molecule has 1 N–H and O–H groups in total. The molecule has 0 unspecified atom stereocenters. The van der Waals surface area contributed by atoms with Gasteiger partial charge in [-0.25, -0.2) is 4.98 Å². The molecule has 0 aliphatic heterocycles. The van der Waals surface area contributed by atoms with E-state index >= 15 is 0 Å². The summed E-state index contributed by atoms with van der Waals surface area (Å²) in [6, 6.07) is 2.06. The zero-order valence-corrected chi connectivity index (χ0v) is 11.1. The van der Waals surface area contributed by atoms with Crippen molar-refractivity contribution in [2.75, 3.05) is 6.54 Å². The van der Waals surface area contributed by atoms with Crippen molar-refractivity contribution in [3.8, 4) is 0 Å². The quantitative estimate of drug-likeness (QED) is 0.752. The molecule has 0 aliphatic rings. The van der Waals surface area contributed by atoms with Crippen LogP contribution >= 0.6 is 0 Å². The molecule has 0 fully saturated rings. The largest absolute Gasteiger partial charge is 0.333 e. The van der Waals surface area contributed by atoms with Gasteiger partial charge in [0.15, 0.2) is 0 Å². The molecule has 2 rings (SSSR count). The van der Waals surface area contributed by atoms with Gasteiger partial charge in [0.2, 0.25) is 0 Å². The van der Waals surface area contributed by atoms with Gasteiger partial charge in [0, 0.05) is 44.6 Å². The number of nitrogens with one attached hydrogen (secondary N) is 1. The summed E-state index contributed by atoms with van der Waals surface area (Å²) in [6.07, 6.45) is 7.81. The van der Waals surface area contributed by atoms with Crippen LogP contribution in [0.5, 0.6) is 0 Å². The average molecular weight is 247 g/mol. The van der Waals surface area contributed by atoms with E-state index in [1.54, 1.807) is 0 Å². The molecule has 0 bridgehead atoms. The Bertz CT molecular complexity index is 471. The van der Waals surface area contributed by atoms with Crippen LogP contribution < -0.4 is 5.32 Å². The highest BCUT2D eigenvalue weighted by Gasteiger charge is 2.03. The van der Waals surface area contributed by atoms with Crippen molar-refractivity contribution in [3.63, 3.8) is 0 Å². The zero-order chi connectivity index (χ0) is 12.8. The van der Waals surface area contributed by atoms with Crippen molar-refractivity contribution < 1.29 is 0 Å². The topological polar surface area (TPSA) is 47.7 Å². The SMILES string of the molecule is CCCNCc1cncn1CCc1ccnn1C. The molecular weight excluding hydrogens is 226 g/mol. The van der Waals surface area contributed by atoms with Gasteiger partial charge in [-0.05, 0) is 19.0 Å². The number of nitrogens with zero attached hydrogens (tertiary/aromatic N) is 4. The number of hydrogen-bond acceptors (Lipinski definition) is 3. The Kier molecular flexibility index (Phi) is 4.52. The molecule has 18 heavy (non-hydrogen) atoms. The lowest BCUT2D eigenvalue weighted by Crippen LogP contribution is -2.17. The highest BCUT2D eigenvalue weighted by molar-refractivity contribution is 5.02. The summed E-state index contributed by atoms with van der Waals surface area (Å²) in [5, 5.41) is 7.58. The second-order valence-electron chi connectivity index (χ2n) is 4.45. The van der Waals surface area contributed by atoms with Gasteiger partial charge in [0.1, 0.15) is 0 Å². The van der Waals surface area contributed by atoms with Gasteiger partial charge in [-0.15, -0.1) is 0 Å². The molecular formula is C13H21N5. The predicted molar refractivity (Wildman–Crippen MR) is 71.1 cm³/mol. The van der Waals surface area contributed by atoms with Gasteiger partial charge in [0.05, 0.1) is 12.0 Å². The molecule has 98 valence electrons. The Balaban J connectivity index is 1.89. The van der Waals surface area contributed by atoms with Gasteiger partial charge < -0.3 is 9.88 Å². The van der Waals surface area contributed by atoms with Crippen molar-refractivity contribution >= 4 is 0 Å². The van der Waals surface area contributed by atoms with E-state index in [4.69, 9.17) is 0 Å². The number of rotatable bonds is 7. The lowest BCUT2D eigenvalue weighted by atomic mass is 10.3. The van der Waals surface area contributed by atoms with Crippen LogP contribution in [0.2, 0.25) is 0 Å². The summed E-state index contributed by atoms with van der Waals surface area (Å²) in [6.45, 7) is 5.06. The van der Waals surface area contributed by atoms with E-state index in [9.17, 15) is 0 Å². The third kappa shape index (κ3) is 3.20. The third-order valence-corrected chi connectivity index (χ3v) is 3.06. The molecule has 0 saturated carbocycles. The molecule has 0 aliphatic carbocycles. The maximum absolute atomic E-state index is 4.22. The smallest absolute Gasteiger partial charge is 0.0948 e. The third-order valence-electron chi connectivity index (χ3n) is 3.06. The maximum Gasteiger partial charge on any atom is 0.0948 e. The van der Waals surface area contributed by atoms with Crippen molar-refractivity contribution in [1.29, 1.82) is 0 Å². The first-order valence-corrected chi connectivity index (χ1v) is 6.48. The monoisotopic (exact) mass is 247 g/mol. The molecule has 0 amide bonds. The molecule has 5 heteroatoms. The van der Waals surface area contributed by atoms with Crippen LogP contribution in [-0.4, -0.2) is 25.9 Å². The Labute approximate surface area is 108 Å². The van der Waals surface area contributed by atoms with E-state index in [0.29, 0.717) is 0 Å². The van der Waals surface area contributed by atoms with Crippen LogP contribution in [-0.2, 0) is 26.6 Å². The van der Waals surface area contributed by atoms with Crippen molar-refractivity contribution in [2.24, 2.45) is 7.05 Å². The molecule has 0 radical (unpaired) electrons. The fraction of sp³-hybridized carbons (Fsp3) is 0.538. The summed E-state index contributed by atoms with van der Waals surface area (Å²) in [5.41, 5.74) is 2.49. The van der Waals surface area contributed by atoms with Crippen molar-refractivity contribution in [3.05, 3.63) is 36.2 Å². The van der Waals surface area contributed by atoms with E-state index in [-0.39, 0.29) is 0 Å². The first-order chi connectivity index (χ1) is 8.81. The number of hydrogen-bond donors (Lipinski definition) is 1. The standard InChI is InChI=1S/C13H21N5/c1-3-6-14-9-13-10-15-11-18(13)8-5-12-4-7-16-17(12)2/h4,7,10-11,14H,3,5-6,8-9H2,1-2H3. The van der Waals surface area contributed by atoms with Gasteiger partial charge in [-0.3, -0.25) is 4.68 Å². The Morgan fingerprint density at radius 2 is 2.22 bits per heavy atom. The second-order valence-corrected chi connectivity index (χ2v) is 4.45. The van der Waals surface area contributed by atoms with Crippen LogP contribution in [0, 0.1) is 0 Å². The van der Waals surface area contributed by atoms with Gasteiger partial charge in [-0.1, -0.05) is 6.92 Å². The molecule has 2 heterocycles. The van der Waals surface area contributed by atoms with E-state index < -0.39 is 0 Å². The summed E-state index contributed by atoms with van der Waals surface area (Å²) in [4.78, 5) is 4.22. The Morgan fingerprint density at radius 1 is 1.33 bits per heavy atom. The number of aryl methyl sites for hydroxylation is 3. The molecule has 5 nitrogen and oxygen atoms in total. The minimum absolute atomic E-state index is 0.888. The fourth-order valence-electron chi connectivity index (χ4n) is 1.97. The zero-order valence-electron chi connectivity index (χ0n) is 11.1. The Morgan fingerprint density at radius 3 is 2.94 bits per heavy atom. The van der Waals surface area contributed by atoms with Gasteiger partial charge in [-0.2, -0.15) is 5.10 Å². The highest BCUT2D eigenvalue weighted by atomic mass is 15.3. The van der Waals surface area contributed by atoms with Crippen LogP contribution in [0.15, 0.2) is 24.8 Å². The first-order valence-electron chi connectivity index (χ1n) is 6.48. The van der Waals surface area contributed by atoms with E-state index in [1.807, 2.05) is 30.5 Å². The van der Waals surface area contributed by atoms with Crippen molar-refractivity contribution in [2.45, 2.75) is 32.9 Å². The molecule has 2 aromatic heterocycles. The molecule has 2 aromatic rings. The summed E-state index contributed by atoms with van der Waals surface area (Å²) in [5.74, 6) is 0. The van der Waals surface area contributed by atoms with E-state index in [1.165, 1.54) is 11.4 Å². The minimum Gasteiger partial charge on any atom is -0.333 e. The average Bonchev–Trinajstić information content (AvgIpc) is 2.96. The summed E-state index contributed by atoms with van der Waals surface area (Å²) < 4.78 is 4.13. The normalized spacial score (nSPS) is 11.0. The van der Waals surface area contributed by atoms with Gasteiger partial charge >= 0.3 is 0 Å². The van der Waals surface area contributed by atoms with E-state index in [2.05, 4.69) is 33.0 Å². The summed E-state index contributed by atoms with van der Waals surface area (Å²) >= 11 is 0. The Hall–Kier alpha value is -1.62. The fourth-order valence-corrected chi connectivity index (χ4v) is 1.97. The van der Waals surface area contributed by atoms with Crippen LogP contribution in [0.1, 0.15) is 24.7 Å². The predicted octanol–water partition coefficient (Wildman–Crippen LogP) is 1.36. The molecule has 0 atom stereocenters. The lowest BCUT2D eigenvalue weighted by molar-refractivity contribution is 0.588. The molecule has 0 saturated heterocycles. The van der Waals surface area contributed by atoms with Crippen LogP contribution in [0.25, 0.3) is 0 Å².